The highest BCUT2D eigenvalue weighted by Crippen LogP contribution is 2.43. The van der Waals surface area contributed by atoms with Crippen LogP contribution < -0.4 is 9.80 Å². The van der Waals surface area contributed by atoms with Gasteiger partial charge in [0.15, 0.2) is 6.29 Å². The minimum atomic E-state index is -0.373. The monoisotopic (exact) mass is 337 g/mol. The first kappa shape index (κ1) is 14.1. The van der Waals surface area contributed by atoms with Gasteiger partial charge in [-0.25, -0.2) is 4.90 Å². The summed E-state index contributed by atoms with van der Waals surface area (Å²) in [6.45, 7) is 0. The average Bonchev–Trinajstić information content (AvgIpc) is 3.20. The second-order valence-electron chi connectivity index (χ2n) is 6.11. The van der Waals surface area contributed by atoms with Crippen LogP contribution in [0.25, 0.3) is 0 Å². The molecule has 2 aromatic carbocycles. The number of carbonyl (C=O) groups excluding carboxylic acids is 2. The quantitative estimate of drug-likeness (QED) is 0.801. The molecule has 0 saturated carbocycles. The molecular formula is C18H15N3O2S. The molecule has 120 valence electrons. The molecule has 0 spiro atoms. The van der Waals surface area contributed by atoms with Gasteiger partial charge in [-0.1, -0.05) is 30.3 Å². The number of benzene rings is 2. The molecule has 24 heavy (non-hydrogen) atoms. The molecule has 0 N–H and O–H groups in total. The van der Waals surface area contributed by atoms with Gasteiger partial charge in [-0.15, -0.1) is 11.8 Å². The number of hydrogen-bond donors (Lipinski definition) is 0. The third-order valence-electron chi connectivity index (χ3n) is 4.84. The van der Waals surface area contributed by atoms with Crippen LogP contribution in [-0.2, 0) is 4.79 Å². The van der Waals surface area contributed by atoms with Crippen molar-refractivity contribution in [2.75, 3.05) is 21.4 Å². The number of nitrogens with zero attached hydrogens (tertiary/aromatic N) is 3. The largest absolute Gasteiger partial charge is 0.275 e. The normalized spacial score (nSPS) is 25.7. The summed E-state index contributed by atoms with van der Waals surface area (Å²) in [4.78, 5) is 31.9. The summed E-state index contributed by atoms with van der Waals surface area (Å²) >= 11 is 1.75. The van der Waals surface area contributed by atoms with Crippen LogP contribution in [0.2, 0.25) is 0 Å². The summed E-state index contributed by atoms with van der Waals surface area (Å²) in [5.41, 5.74) is 2.13. The molecular weight excluding hydrogens is 322 g/mol. The number of rotatable bonds is 1. The predicted molar refractivity (Wildman–Crippen MR) is 93.9 cm³/mol. The van der Waals surface area contributed by atoms with E-state index in [1.54, 1.807) is 27.6 Å². The molecule has 0 aliphatic carbocycles. The van der Waals surface area contributed by atoms with Gasteiger partial charge in [0.2, 0.25) is 5.91 Å². The molecule has 5 nitrogen and oxygen atoms in total. The number of amides is 2. The summed E-state index contributed by atoms with van der Waals surface area (Å²) in [5.74, 6) is 1.58. The summed E-state index contributed by atoms with van der Waals surface area (Å²) in [5, 5.41) is 0. The minimum absolute atomic E-state index is 0.0524. The van der Waals surface area contributed by atoms with E-state index in [2.05, 4.69) is 4.90 Å². The van der Waals surface area contributed by atoms with Crippen molar-refractivity contribution in [2.24, 2.45) is 0 Å². The molecule has 0 aromatic heterocycles. The zero-order valence-corrected chi connectivity index (χ0v) is 13.6. The molecule has 5 rings (SSSR count). The number of thioether (sulfide) groups is 1. The van der Waals surface area contributed by atoms with Gasteiger partial charge >= 0.3 is 0 Å². The lowest BCUT2D eigenvalue weighted by Crippen LogP contribution is -2.58. The summed E-state index contributed by atoms with van der Waals surface area (Å²) in [7, 11) is 0. The highest BCUT2D eigenvalue weighted by molar-refractivity contribution is 7.99. The van der Waals surface area contributed by atoms with Crippen molar-refractivity contribution in [2.45, 2.75) is 12.3 Å². The molecule has 2 amide bonds. The second kappa shape index (κ2) is 5.09. The first-order valence-corrected chi connectivity index (χ1v) is 9.07. The van der Waals surface area contributed by atoms with Crippen LogP contribution >= 0.6 is 11.8 Å². The standard InChI is InChI=1S/C18H15N3O2S/c22-16-13-8-4-5-9-14(13)21-17(23)15-10-24-11-19(15)18(21)20(16)12-6-2-1-3-7-12/h1-9,15,18H,10-11H2/t15-,18-/m1/s1. The zero-order valence-electron chi connectivity index (χ0n) is 12.8. The fourth-order valence-electron chi connectivity index (χ4n) is 3.76. The SMILES string of the molecule is O=C1c2ccccc2N2C(=O)[C@H]3CSCN3[C@@H]2N1c1ccccc1. The van der Waals surface area contributed by atoms with Gasteiger partial charge in [-0.2, -0.15) is 0 Å². The molecule has 0 unspecified atom stereocenters. The van der Waals surface area contributed by atoms with E-state index in [1.807, 2.05) is 48.5 Å². The first-order valence-electron chi connectivity index (χ1n) is 7.91. The van der Waals surface area contributed by atoms with Crippen LogP contribution in [0, 0.1) is 0 Å². The fraction of sp³-hybridized carbons (Fsp3) is 0.222. The van der Waals surface area contributed by atoms with Crippen molar-refractivity contribution in [1.29, 1.82) is 0 Å². The van der Waals surface area contributed by atoms with E-state index in [-0.39, 0.29) is 24.1 Å². The average molecular weight is 337 g/mol. The van der Waals surface area contributed by atoms with Gasteiger partial charge in [0.1, 0.15) is 6.04 Å². The Kier molecular flexibility index (Phi) is 2.98. The lowest BCUT2D eigenvalue weighted by molar-refractivity contribution is -0.118. The summed E-state index contributed by atoms with van der Waals surface area (Å²) in [6.07, 6.45) is -0.373. The smallest absolute Gasteiger partial charge is 0.263 e. The Morgan fingerprint density at radius 3 is 2.50 bits per heavy atom. The fourth-order valence-corrected chi connectivity index (χ4v) is 4.95. The molecule has 2 aromatic rings. The van der Waals surface area contributed by atoms with Crippen LogP contribution in [0.4, 0.5) is 11.4 Å². The van der Waals surface area contributed by atoms with Crippen molar-refractivity contribution in [3.63, 3.8) is 0 Å². The van der Waals surface area contributed by atoms with Crippen LogP contribution in [0.1, 0.15) is 10.4 Å². The Morgan fingerprint density at radius 2 is 1.67 bits per heavy atom. The highest BCUT2D eigenvalue weighted by Gasteiger charge is 2.55. The van der Waals surface area contributed by atoms with E-state index in [0.717, 1.165) is 23.0 Å². The van der Waals surface area contributed by atoms with Crippen molar-refractivity contribution in [3.8, 4) is 0 Å². The minimum Gasteiger partial charge on any atom is -0.275 e. The third-order valence-corrected chi connectivity index (χ3v) is 5.88. The lowest BCUT2D eigenvalue weighted by Gasteiger charge is -2.42. The Bertz CT molecular complexity index is 841. The maximum atomic E-state index is 13.2. The van der Waals surface area contributed by atoms with Crippen LogP contribution in [-0.4, -0.2) is 40.7 Å². The molecule has 6 heteroatoms. The Labute approximate surface area is 143 Å². The van der Waals surface area contributed by atoms with E-state index in [9.17, 15) is 9.59 Å². The van der Waals surface area contributed by atoms with Crippen LogP contribution in [0.3, 0.4) is 0 Å². The molecule has 0 radical (unpaired) electrons. The number of para-hydroxylation sites is 2. The Balaban J connectivity index is 1.73. The van der Waals surface area contributed by atoms with Crippen molar-refractivity contribution in [1.82, 2.24) is 4.90 Å². The molecule has 2 fully saturated rings. The van der Waals surface area contributed by atoms with Gasteiger partial charge in [0, 0.05) is 17.3 Å². The third kappa shape index (κ3) is 1.75. The van der Waals surface area contributed by atoms with Crippen molar-refractivity contribution >= 4 is 35.0 Å². The van der Waals surface area contributed by atoms with Crippen molar-refractivity contribution in [3.05, 3.63) is 60.2 Å². The summed E-state index contributed by atoms with van der Waals surface area (Å²) < 4.78 is 0. The van der Waals surface area contributed by atoms with Gasteiger partial charge in [0.25, 0.3) is 5.91 Å². The predicted octanol–water partition coefficient (Wildman–Crippen LogP) is 2.35. The molecule has 2 atom stereocenters. The maximum absolute atomic E-state index is 13.2. The van der Waals surface area contributed by atoms with E-state index in [4.69, 9.17) is 0 Å². The van der Waals surface area contributed by atoms with E-state index < -0.39 is 0 Å². The number of carbonyl (C=O) groups is 2. The topological polar surface area (TPSA) is 43.9 Å². The first-order chi connectivity index (χ1) is 11.8. The lowest BCUT2D eigenvalue weighted by atomic mass is 10.1. The second-order valence-corrected chi connectivity index (χ2v) is 7.11. The molecule has 2 saturated heterocycles. The van der Waals surface area contributed by atoms with Crippen LogP contribution in [0.5, 0.6) is 0 Å². The molecule has 0 bridgehead atoms. The van der Waals surface area contributed by atoms with Gasteiger partial charge in [0.05, 0.1) is 11.3 Å². The number of fused-ring (bicyclic) bond motifs is 5. The molecule has 3 aliphatic heterocycles. The summed E-state index contributed by atoms with van der Waals surface area (Å²) in [6, 6.07) is 16.9. The maximum Gasteiger partial charge on any atom is 0.263 e. The Hall–Kier alpha value is -2.31. The van der Waals surface area contributed by atoms with E-state index in [1.165, 1.54) is 0 Å². The van der Waals surface area contributed by atoms with Gasteiger partial charge in [-0.05, 0) is 24.3 Å². The van der Waals surface area contributed by atoms with E-state index >= 15 is 0 Å². The molecule has 3 heterocycles. The number of anilines is 2. The zero-order chi connectivity index (χ0) is 16.3. The van der Waals surface area contributed by atoms with Crippen molar-refractivity contribution < 1.29 is 9.59 Å². The van der Waals surface area contributed by atoms with Gasteiger partial charge < -0.3 is 0 Å². The molecule has 3 aliphatic rings. The Morgan fingerprint density at radius 1 is 0.917 bits per heavy atom. The van der Waals surface area contributed by atoms with Crippen LogP contribution in [0.15, 0.2) is 54.6 Å². The van der Waals surface area contributed by atoms with Gasteiger partial charge in [-0.3, -0.25) is 19.4 Å². The van der Waals surface area contributed by atoms with E-state index in [0.29, 0.717) is 5.56 Å². The highest BCUT2D eigenvalue weighted by atomic mass is 32.2. The number of hydrogen-bond acceptors (Lipinski definition) is 4.